The molecular weight excluding hydrogens is 208 g/mol. The van der Waals surface area contributed by atoms with Crippen LogP contribution in [0, 0.1) is 0 Å². The number of carbonyl (C=O) groups is 2. The minimum atomic E-state index is -0.741. The summed E-state index contributed by atoms with van der Waals surface area (Å²) >= 11 is 0. The predicted octanol–water partition coefficient (Wildman–Crippen LogP) is 0.225. The topological polar surface area (TPSA) is 72.6 Å². The van der Waals surface area contributed by atoms with Gasteiger partial charge in [-0.25, -0.2) is 0 Å². The summed E-state index contributed by atoms with van der Waals surface area (Å²) in [7, 11) is 0. The van der Waals surface area contributed by atoms with Gasteiger partial charge in [0.25, 0.3) is 11.8 Å². The van der Waals surface area contributed by atoms with Gasteiger partial charge in [-0.05, 0) is 20.8 Å². The van der Waals surface area contributed by atoms with Crippen LogP contribution in [0.5, 0.6) is 0 Å². The standard InChI is InChI=1S/C8H14N2O3.ClH/c1-8(2,3)13-10-6(11)4-5(9)7(10)12;/h5H,4,9H2,1-3H3;1H/t5-;/m0./s1. The van der Waals surface area contributed by atoms with Gasteiger partial charge in [0, 0.05) is 0 Å². The van der Waals surface area contributed by atoms with Crippen molar-refractivity contribution in [2.45, 2.75) is 38.8 Å². The van der Waals surface area contributed by atoms with Crippen molar-refractivity contribution >= 4 is 24.2 Å². The van der Waals surface area contributed by atoms with Gasteiger partial charge in [0.2, 0.25) is 0 Å². The normalized spacial score (nSPS) is 22.6. The van der Waals surface area contributed by atoms with Gasteiger partial charge in [0.15, 0.2) is 0 Å². The van der Waals surface area contributed by atoms with Crippen LogP contribution < -0.4 is 5.73 Å². The molecule has 82 valence electrons. The molecule has 1 saturated heterocycles. The summed E-state index contributed by atoms with van der Waals surface area (Å²) in [6, 6.07) is -0.741. The van der Waals surface area contributed by atoms with Crippen molar-refractivity contribution < 1.29 is 14.4 Å². The zero-order valence-corrected chi connectivity index (χ0v) is 9.26. The lowest BCUT2D eigenvalue weighted by atomic mass is 10.2. The molecule has 0 aromatic heterocycles. The summed E-state index contributed by atoms with van der Waals surface area (Å²) < 4.78 is 0. The number of rotatable bonds is 1. The molecule has 2 amide bonds. The number of imide groups is 1. The fourth-order valence-electron chi connectivity index (χ4n) is 1.00. The number of nitrogens with two attached hydrogens (primary N) is 1. The second kappa shape index (κ2) is 4.25. The number of carbonyl (C=O) groups excluding carboxylic acids is 2. The second-order valence-corrected chi connectivity index (χ2v) is 4.04. The van der Waals surface area contributed by atoms with E-state index >= 15 is 0 Å². The number of hydrogen-bond acceptors (Lipinski definition) is 4. The maximum absolute atomic E-state index is 11.2. The average molecular weight is 223 g/mol. The predicted molar refractivity (Wildman–Crippen MR) is 52.5 cm³/mol. The maximum Gasteiger partial charge on any atom is 0.270 e. The van der Waals surface area contributed by atoms with Crippen molar-refractivity contribution in [3.8, 4) is 0 Å². The molecule has 1 fully saturated rings. The largest absolute Gasteiger partial charge is 0.319 e. The Bertz CT molecular complexity index is 249. The molecule has 6 heteroatoms. The molecule has 1 heterocycles. The Balaban J connectivity index is 0.00000169. The van der Waals surface area contributed by atoms with Gasteiger partial charge in [-0.3, -0.25) is 14.4 Å². The molecule has 0 saturated carbocycles. The lowest BCUT2D eigenvalue weighted by Crippen LogP contribution is -2.40. The third kappa shape index (κ3) is 2.94. The fraction of sp³-hybridized carbons (Fsp3) is 0.750. The van der Waals surface area contributed by atoms with Crippen LogP contribution in [-0.2, 0) is 14.4 Å². The van der Waals surface area contributed by atoms with Gasteiger partial charge in [-0.1, -0.05) is 0 Å². The van der Waals surface area contributed by atoms with Crippen LogP contribution >= 0.6 is 12.4 Å². The highest BCUT2D eigenvalue weighted by Crippen LogP contribution is 2.17. The molecule has 1 aliphatic rings. The first-order chi connectivity index (χ1) is 5.81. The highest BCUT2D eigenvalue weighted by atomic mass is 35.5. The van der Waals surface area contributed by atoms with E-state index in [1.165, 1.54) is 0 Å². The Kier molecular flexibility index (Phi) is 4.05. The van der Waals surface area contributed by atoms with Gasteiger partial charge in [-0.15, -0.1) is 12.4 Å². The molecule has 1 rings (SSSR count). The number of hydroxylamine groups is 2. The number of halogens is 1. The highest BCUT2D eigenvalue weighted by molar-refractivity contribution is 6.04. The van der Waals surface area contributed by atoms with Gasteiger partial charge in [0.1, 0.15) is 0 Å². The molecule has 0 aliphatic carbocycles. The van der Waals surface area contributed by atoms with E-state index in [-0.39, 0.29) is 24.7 Å². The third-order valence-electron chi connectivity index (χ3n) is 1.50. The van der Waals surface area contributed by atoms with Crippen LogP contribution in [0.4, 0.5) is 0 Å². The molecule has 0 spiro atoms. The molecule has 1 aliphatic heterocycles. The van der Waals surface area contributed by atoms with E-state index in [0.29, 0.717) is 0 Å². The van der Waals surface area contributed by atoms with Gasteiger partial charge in [0.05, 0.1) is 18.1 Å². The Morgan fingerprint density at radius 2 is 1.93 bits per heavy atom. The molecular formula is C8H15ClN2O3. The van der Waals surface area contributed by atoms with Crippen molar-refractivity contribution in [2.24, 2.45) is 5.73 Å². The molecule has 0 aromatic carbocycles. The average Bonchev–Trinajstić information content (AvgIpc) is 2.14. The Morgan fingerprint density at radius 3 is 2.21 bits per heavy atom. The lowest BCUT2D eigenvalue weighted by molar-refractivity contribution is -0.219. The van der Waals surface area contributed by atoms with Crippen LogP contribution in [0.25, 0.3) is 0 Å². The van der Waals surface area contributed by atoms with Crippen molar-refractivity contribution in [3.05, 3.63) is 0 Å². The SMILES string of the molecule is CC(C)(C)ON1C(=O)C[C@H](N)C1=O.Cl. The summed E-state index contributed by atoms with van der Waals surface area (Å²) in [6.07, 6.45) is 0.0366. The first kappa shape index (κ1) is 13.4. The van der Waals surface area contributed by atoms with Crippen LogP contribution in [0.15, 0.2) is 0 Å². The molecule has 0 unspecified atom stereocenters. The van der Waals surface area contributed by atoms with Crippen LogP contribution in [0.1, 0.15) is 27.2 Å². The number of amides is 2. The van der Waals surface area contributed by atoms with Crippen molar-refractivity contribution in [1.29, 1.82) is 0 Å². The zero-order valence-electron chi connectivity index (χ0n) is 8.44. The van der Waals surface area contributed by atoms with E-state index in [9.17, 15) is 9.59 Å². The summed E-state index contributed by atoms with van der Waals surface area (Å²) in [5.41, 5.74) is 4.83. The number of hydrogen-bond donors (Lipinski definition) is 1. The summed E-state index contributed by atoms with van der Waals surface area (Å²) in [5, 5.41) is 0.769. The van der Waals surface area contributed by atoms with Crippen molar-refractivity contribution in [1.82, 2.24) is 5.06 Å². The van der Waals surface area contributed by atoms with Crippen molar-refractivity contribution in [3.63, 3.8) is 0 Å². The van der Waals surface area contributed by atoms with E-state index < -0.39 is 17.6 Å². The zero-order chi connectivity index (χ0) is 10.2. The van der Waals surface area contributed by atoms with E-state index in [0.717, 1.165) is 5.06 Å². The molecule has 5 nitrogen and oxygen atoms in total. The maximum atomic E-state index is 11.2. The molecule has 0 aromatic rings. The summed E-state index contributed by atoms with van der Waals surface area (Å²) in [6.45, 7) is 5.28. The molecule has 0 radical (unpaired) electrons. The monoisotopic (exact) mass is 222 g/mol. The minimum absolute atomic E-state index is 0. The van der Waals surface area contributed by atoms with Crippen LogP contribution in [-0.4, -0.2) is 28.5 Å². The molecule has 2 N–H and O–H groups in total. The number of nitrogens with zero attached hydrogens (tertiary/aromatic N) is 1. The van der Waals surface area contributed by atoms with Crippen molar-refractivity contribution in [2.75, 3.05) is 0 Å². The lowest BCUT2D eigenvalue weighted by Gasteiger charge is -2.24. The first-order valence-electron chi connectivity index (χ1n) is 4.13. The van der Waals surface area contributed by atoms with E-state index in [1.54, 1.807) is 20.8 Å². The Hall–Kier alpha value is -0.650. The highest BCUT2D eigenvalue weighted by Gasteiger charge is 2.39. The van der Waals surface area contributed by atoms with Crippen LogP contribution in [0.3, 0.4) is 0 Å². The Labute approximate surface area is 88.9 Å². The minimum Gasteiger partial charge on any atom is -0.319 e. The van der Waals surface area contributed by atoms with E-state index in [2.05, 4.69) is 0 Å². The summed E-state index contributed by atoms with van der Waals surface area (Å²) in [5.74, 6) is -0.827. The van der Waals surface area contributed by atoms with Crippen LogP contribution in [0.2, 0.25) is 0 Å². The smallest absolute Gasteiger partial charge is 0.270 e. The Morgan fingerprint density at radius 1 is 1.43 bits per heavy atom. The van der Waals surface area contributed by atoms with E-state index in [1.807, 2.05) is 0 Å². The molecule has 0 bridgehead atoms. The first-order valence-corrected chi connectivity index (χ1v) is 4.13. The van der Waals surface area contributed by atoms with Gasteiger partial charge < -0.3 is 5.73 Å². The molecule has 14 heavy (non-hydrogen) atoms. The quantitative estimate of drug-likeness (QED) is 0.645. The van der Waals surface area contributed by atoms with E-state index in [4.69, 9.17) is 10.6 Å². The van der Waals surface area contributed by atoms with Gasteiger partial charge in [-0.2, -0.15) is 5.06 Å². The fourth-order valence-corrected chi connectivity index (χ4v) is 1.00. The molecule has 1 atom stereocenters. The van der Waals surface area contributed by atoms with Gasteiger partial charge >= 0.3 is 0 Å². The summed E-state index contributed by atoms with van der Waals surface area (Å²) in [4.78, 5) is 27.6. The second-order valence-electron chi connectivity index (χ2n) is 4.04. The third-order valence-corrected chi connectivity index (χ3v) is 1.50.